The maximum absolute atomic E-state index is 14.4. The molecule has 1 fully saturated rings. The summed E-state index contributed by atoms with van der Waals surface area (Å²) in [6, 6.07) is 7.06. The zero-order chi connectivity index (χ0) is 25.8. The Kier molecular flexibility index (Phi) is 6.94. The van der Waals surface area contributed by atoms with Gasteiger partial charge in [-0.3, -0.25) is 9.79 Å². The van der Waals surface area contributed by atoms with Crippen molar-refractivity contribution in [3.63, 3.8) is 0 Å². The molecule has 1 amide bonds. The van der Waals surface area contributed by atoms with Crippen LogP contribution in [0, 0.1) is 12.8 Å². The van der Waals surface area contributed by atoms with Gasteiger partial charge in [-0.05, 0) is 47.9 Å². The van der Waals surface area contributed by atoms with Crippen LogP contribution in [0.3, 0.4) is 0 Å². The Balaban J connectivity index is 1.54. The number of aryl methyl sites for hydroxylation is 1. The molecule has 5 nitrogen and oxygen atoms in total. The predicted molar refractivity (Wildman–Crippen MR) is 131 cm³/mol. The summed E-state index contributed by atoms with van der Waals surface area (Å²) in [6.45, 7) is 1.38. The molecule has 0 bridgehead atoms. The molecule has 0 aliphatic carbocycles. The smallest absolute Gasteiger partial charge is 0.352 e. The van der Waals surface area contributed by atoms with Gasteiger partial charge in [-0.25, -0.2) is 8.42 Å². The molecular weight excluding hydrogens is 548 g/mol. The van der Waals surface area contributed by atoms with E-state index in [9.17, 15) is 26.4 Å². The third-order valence-electron chi connectivity index (χ3n) is 6.42. The van der Waals surface area contributed by atoms with Gasteiger partial charge in [0, 0.05) is 30.2 Å². The number of halogens is 6. The third-order valence-corrected chi connectivity index (χ3v) is 9.58. The lowest BCUT2D eigenvalue weighted by Gasteiger charge is -2.32. The lowest BCUT2D eigenvalue weighted by atomic mass is 9.76. The van der Waals surface area contributed by atoms with E-state index in [-0.39, 0.29) is 56.2 Å². The van der Waals surface area contributed by atoms with E-state index in [1.54, 1.807) is 19.1 Å². The normalized spacial score (nSPS) is 22.0. The van der Waals surface area contributed by atoms with Crippen LogP contribution in [-0.4, -0.2) is 50.8 Å². The van der Waals surface area contributed by atoms with E-state index in [0.717, 1.165) is 0 Å². The van der Waals surface area contributed by atoms with Crippen LogP contribution in [0.2, 0.25) is 15.1 Å². The summed E-state index contributed by atoms with van der Waals surface area (Å²) in [6.07, 6.45) is -5.06. The molecule has 0 radical (unpaired) electrons. The Morgan fingerprint density at radius 3 is 2.31 bits per heavy atom. The molecule has 2 aromatic carbocycles. The molecule has 12 heteroatoms. The molecule has 2 aliphatic rings. The van der Waals surface area contributed by atoms with E-state index >= 15 is 0 Å². The van der Waals surface area contributed by atoms with Crippen molar-refractivity contribution in [2.75, 3.05) is 24.6 Å². The molecule has 0 saturated carbocycles. The summed E-state index contributed by atoms with van der Waals surface area (Å²) in [4.78, 5) is 16.8. The summed E-state index contributed by atoms with van der Waals surface area (Å²) in [5.74, 6) is -0.380. The van der Waals surface area contributed by atoms with Crippen LogP contribution < -0.4 is 5.32 Å². The first-order valence-corrected chi connectivity index (χ1v) is 13.5. The Labute approximate surface area is 215 Å². The van der Waals surface area contributed by atoms with Crippen LogP contribution in [0.15, 0.2) is 35.3 Å². The highest BCUT2D eigenvalue weighted by Crippen LogP contribution is 2.49. The van der Waals surface area contributed by atoms with E-state index in [4.69, 9.17) is 34.8 Å². The topological polar surface area (TPSA) is 75.6 Å². The van der Waals surface area contributed by atoms with E-state index in [1.807, 2.05) is 0 Å². The number of amides is 1. The molecule has 2 aliphatic heterocycles. The maximum Gasteiger partial charge on any atom is 0.400 e. The molecule has 2 heterocycles. The summed E-state index contributed by atoms with van der Waals surface area (Å²) >= 11 is 18.0. The van der Waals surface area contributed by atoms with Gasteiger partial charge in [-0.2, -0.15) is 13.2 Å². The summed E-state index contributed by atoms with van der Waals surface area (Å²) in [5.41, 5.74) is -0.791. The number of hydrogen-bond donors (Lipinski definition) is 1. The third kappa shape index (κ3) is 5.05. The summed E-state index contributed by atoms with van der Waals surface area (Å²) in [5, 5.41) is 2.56. The van der Waals surface area contributed by atoms with Gasteiger partial charge in [-0.1, -0.05) is 40.9 Å². The average molecular weight is 568 g/mol. The number of rotatable bonds is 5. The van der Waals surface area contributed by atoms with E-state index in [2.05, 4.69) is 10.3 Å². The fourth-order valence-corrected chi connectivity index (χ4v) is 6.59. The highest BCUT2D eigenvalue weighted by Gasteiger charge is 2.58. The van der Waals surface area contributed by atoms with Crippen molar-refractivity contribution in [3.05, 3.63) is 67.7 Å². The highest BCUT2D eigenvalue weighted by atomic mass is 35.5. The fraction of sp³-hybridized carbons (Fsp3) is 0.391. The first kappa shape index (κ1) is 26.3. The van der Waals surface area contributed by atoms with Crippen LogP contribution in [0.5, 0.6) is 0 Å². The standard InChI is InChI=1S/C23H20Cl3F3N2O3S/c1-12-4-14(2-3-16(12)21(32)30-8-13-9-35(33,34)10-13)19-7-22(11-31-19,23(27,28)29)15-5-17(24)20(26)18(25)6-15/h2-6,13H,7-11H2,1H3,(H,30,32). The van der Waals surface area contributed by atoms with Crippen molar-refractivity contribution in [3.8, 4) is 0 Å². The largest absolute Gasteiger partial charge is 0.400 e. The average Bonchev–Trinajstić information content (AvgIpc) is 3.21. The molecule has 1 saturated heterocycles. The fourth-order valence-electron chi connectivity index (χ4n) is 4.42. The van der Waals surface area contributed by atoms with Gasteiger partial charge < -0.3 is 5.32 Å². The second-order valence-corrected chi connectivity index (χ2v) is 12.3. The lowest BCUT2D eigenvalue weighted by Crippen LogP contribution is -2.44. The van der Waals surface area contributed by atoms with E-state index in [1.165, 1.54) is 18.2 Å². The van der Waals surface area contributed by atoms with Crippen molar-refractivity contribution in [2.45, 2.75) is 24.9 Å². The quantitative estimate of drug-likeness (QED) is 0.490. The Hall–Kier alpha value is -1.81. The van der Waals surface area contributed by atoms with Crippen LogP contribution in [0.1, 0.15) is 33.5 Å². The number of nitrogens with one attached hydrogen (secondary N) is 1. The molecule has 0 spiro atoms. The zero-order valence-electron chi connectivity index (χ0n) is 18.3. The highest BCUT2D eigenvalue weighted by molar-refractivity contribution is 7.92. The second-order valence-electron chi connectivity index (χ2n) is 8.96. The minimum Gasteiger partial charge on any atom is -0.352 e. The Morgan fingerprint density at radius 1 is 1.14 bits per heavy atom. The van der Waals surface area contributed by atoms with Crippen molar-refractivity contribution in [2.24, 2.45) is 10.9 Å². The number of aliphatic imine (C=N–C) groups is 1. The summed E-state index contributed by atoms with van der Waals surface area (Å²) < 4.78 is 65.6. The number of hydrogen-bond acceptors (Lipinski definition) is 4. The van der Waals surface area contributed by atoms with Gasteiger partial charge in [0.05, 0.1) is 33.1 Å². The molecule has 1 unspecified atom stereocenters. The molecular formula is C23H20Cl3F3N2O3S. The molecule has 2 aromatic rings. The number of sulfone groups is 1. The van der Waals surface area contributed by atoms with Crippen molar-refractivity contribution >= 4 is 56.3 Å². The monoisotopic (exact) mass is 566 g/mol. The number of benzene rings is 2. The van der Waals surface area contributed by atoms with Crippen molar-refractivity contribution in [1.29, 1.82) is 0 Å². The lowest BCUT2D eigenvalue weighted by molar-refractivity contribution is -0.183. The molecule has 4 rings (SSSR count). The second kappa shape index (κ2) is 9.25. The van der Waals surface area contributed by atoms with Gasteiger partial charge in [0.15, 0.2) is 9.84 Å². The molecule has 188 valence electrons. The van der Waals surface area contributed by atoms with Crippen molar-refractivity contribution < 1.29 is 26.4 Å². The van der Waals surface area contributed by atoms with Gasteiger partial charge in [0.2, 0.25) is 0 Å². The summed E-state index contributed by atoms with van der Waals surface area (Å²) in [7, 11) is -2.98. The molecule has 1 N–H and O–H groups in total. The maximum atomic E-state index is 14.4. The number of carbonyl (C=O) groups is 1. The molecule has 1 atom stereocenters. The van der Waals surface area contributed by atoms with Crippen LogP contribution in [0.25, 0.3) is 0 Å². The van der Waals surface area contributed by atoms with Gasteiger partial charge >= 0.3 is 6.18 Å². The van der Waals surface area contributed by atoms with Gasteiger partial charge in [0.1, 0.15) is 5.41 Å². The van der Waals surface area contributed by atoms with Gasteiger partial charge in [0.25, 0.3) is 5.91 Å². The predicted octanol–water partition coefficient (Wildman–Crippen LogP) is 5.42. The Morgan fingerprint density at radius 2 is 1.77 bits per heavy atom. The van der Waals surface area contributed by atoms with Crippen molar-refractivity contribution in [1.82, 2.24) is 5.32 Å². The zero-order valence-corrected chi connectivity index (χ0v) is 21.4. The first-order valence-electron chi connectivity index (χ1n) is 10.6. The van der Waals surface area contributed by atoms with E-state index in [0.29, 0.717) is 16.7 Å². The first-order chi connectivity index (χ1) is 16.2. The molecule has 0 aromatic heterocycles. The number of nitrogens with zero attached hydrogens (tertiary/aromatic N) is 1. The van der Waals surface area contributed by atoms with Gasteiger partial charge in [-0.15, -0.1) is 0 Å². The molecule has 35 heavy (non-hydrogen) atoms. The van der Waals surface area contributed by atoms with E-state index < -0.39 is 34.4 Å². The number of carbonyl (C=O) groups excluding carboxylic acids is 1. The van der Waals surface area contributed by atoms with Crippen LogP contribution >= 0.6 is 34.8 Å². The van der Waals surface area contributed by atoms with Crippen LogP contribution in [0.4, 0.5) is 13.2 Å². The SMILES string of the molecule is Cc1cc(C2=NCC(c3cc(Cl)c(Cl)c(Cl)c3)(C(F)(F)F)C2)ccc1C(=O)NCC1CS(=O)(=O)C1. The number of alkyl halides is 3. The Bertz CT molecular complexity index is 1310. The van der Waals surface area contributed by atoms with Crippen LogP contribution in [-0.2, 0) is 15.3 Å². The minimum atomic E-state index is -4.64. The minimum absolute atomic E-state index is 0.0167.